The number of hydrogen-bond acceptors (Lipinski definition) is 6. The highest BCUT2D eigenvalue weighted by Gasteiger charge is 2.25. The van der Waals surface area contributed by atoms with Crippen molar-refractivity contribution in [3.05, 3.63) is 28.1 Å². The molecule has 0 amide bonds. The second-order valence-electron chi connectivity index (χ2n) is 4.08. The summed E-state index contributed by atoms with van der Waals surface area (Å²) in [5.74, 6) is 0. The lowest BCUT2D eigenvalue weighted by atomic mass is 10.3. The molecule has 0 atom stereocenters. The third-order valence-electron chi connectivity index (χ3n) is 2.67. The van der Waals surface area contributed by atoms with Crippen LogP contribution in [0.2, 0.25) is 0 Å². The monoisotopic (exact) mass is 317 g/mol. The number of nitrogens with two attached hydrogens (primary N) is 1. The predicted molar refractivity (Wildman–Crippen MR) is 79.1 cm³/mol. The first-order valence-corrected chi connectivity index (χ1v) is 8.76. The highest BCUT2D eigenvalue weighted by molar-refractivity contribution is 7.91. The summed E-state index contributed by atoms with van der Waals surface area (Å²) in [7, 11) is -1.91. The Morgan fingerprint density at radius 1 is 1.47 bits per heavy atom. The van der Waals surface area contributed by atoms with Gasteiger partial charge in [-0.3, -0.25) is 0 Å². The first-order valence-electron chi connectivity index (χ1n) is 5.63. The molecule has 104 valence electrons. The molecule has 0 saturated heterocycles. The normalized spacial score (nSPS) is 12.2. The van der Waals surface area contributed by atoms with Crippen LogP contribution in [0.25, 0.3) is 0 Å². The summed E-state index contributed by atoms with van der Waals surface area (Å²) in [4.78, 5) is 5.13. The molecule has 19 heavy (non-hydrogen) atoms. The summed E-state index contributed by atoms with van der Waals surface area (Å²) in [6.45, 7) is 2.10. The number of sulfonamides is 1. The van der Waals surface area contributed by atoms with Crippen molar-refractivity contribution in [2.24, 2.45) is 0 Å². The lowest BCUT2D eigenvalue weighted by Crippen LogP contribution is -2.28. The number of aryl methyl sites for hydroxylation is 1. The molecule has 0 fully saturated rings. The van der Waals surface area contributed by atoms with Crippen molar-refractivity contribution in [3.63, 3.8) is 0 Å². The standard InChI is InChI=1S/C11H15N3O2S3/c1-8-10(18-11(12)13-8)19(15,16)14(2)6-5-9-4-3-7-17-9/h3-4,7H,5-6H2,1-2H3,(H2,12,13). The minimum Gasteiger partial charge on any atom is -0.375 e. The molecule has 0 aromatic carbocycles. The van der Waals surface area contributed by atoms with Crippen molar-refractivity contribution in [2.75, 3.05) is 19.3 Å². The van der Waals surface area contributed by atoms with Gasteiger partial charge in [0.1, 0.15) is 0 Å². The van der Waals surface area contributed by atoms with Gasteiger partial charge >= 0.3 is 0 Å². The van der Waals surface area contributed by atoms with E-state index in [1.54, 1.807) is 25.3 Å². The Morgan fingerprint density at radius 2 is 2.21 bits per heavy atom. The number of anilines is 1. The molecular weight excluding hydrogens is 302 g/mol. The smallest absolute Gasteiger partial charge is 0.254 e. The second kappa shape index (κ2) is 5.58. The highest BCUT2D eigenvalue weighted by Crippen LogP contribution is 2.27. The van der Waals surface area contributed by atoms with Gasteiger partial charge in [0, 0.05) is 18.5 Å². The average molecular weight is 317 g/mol. The van der Waals surface area contributed by atoms with Gasteiger partial charge in [0.15, 0.2) is 9.34 Å². The van der Waals surface area contributed by atoms with Gasteiger partial charge in [0.05, 0.1) is 5.69 Å². The predicted octanol–water partition coefficient (Wildman–Crippen LogP) is 1.96. The largest absolute Gasteiger partial charge is 0.375 e. The van der Waals surface area contributed by atoms with E-state index in [0.29, 0.717) is 18.7 Å². The van der Waals surface area contributed by atoms with Gasteiger partial charge in [-0.05, 0) is 24.8 Å². The molecular formula is C11H15N3O2S3. The van der Waals surface area contributed by atoms with Gasteiger partial charge in [-0.2, -0.15) is 4.31 Å². The maximum atomic E-state index is 12.4. The zero-order valence-electron chi connectivity index (χ0n) is 10.7. The van der Waals surface area contributed by atoms with Crippen LogP contribution < -0.4 is 5.73 Å². The van der Waals surface area contributed by atoms with Crippen LogP contribution in [0.1, 0.15) is 10.6 Å². The number of hydrogen-bond donors (Lipinski definition) is 1. The van der Waals surface area contributed by atoms with Crippen LogP contribution in [0, 0.1) is 6.92 Å². The van der Waals surface area contributed by atoms with Crippen LogP contribution in [0.5, 0.6) is 0 Å². The lowest BCUT2D eigenvalue weighted by molar-refractivity contribution is 0.474. The topological polar surface area (TPSA) is 76.3 Å². The molecule has 0 unspecified atom stereocenters. The molecule has 2 heterocycles. The second-order valence-corrected chi connectivity index (χ2v) is 8.38. The third kappa shape index (κ3) is 3.14. The molecule has 0 spiro atoms. The molecule has 0 bridgehead atoms. The van der Waals surface area contributed by atoms with Gasteiger partial charge < -0.3 is 5.73 Å². The maximum absolute atomic E-state index is 12.4. The highest BCUT2D eigenvalue weighted by atomic mass is 32.2. The SMILES string of the molecule is Cc1nc(N)sc1S(=O)(=O)N(C)CCc1cccs1. The number of nitrogen functional groups attached to an aromatic ring is 1. The van der Waals surface area contributed by atoms with E-state index in [1.807, 2.05) is 17.5 Å². The molecule has 0 aliphatic rings. The summed E-state index contributed by atoms with van der Waals surface area (Å²) >= 11 is 2.64. The quantitative estimate of drug-likeness (QED) is 0.914. The fourth-order valence-electron chi connectivity index (χ4n) is 1.63. The van der Waals surface area contributed by atoms with E-state index in [-0.39, 0.29) is 9.34 Å². The lowest BCUT2D eigenvalue weighted by Gasteiger charge is -2.15. The Morgan fingerprint density at radius 3 is 2.74 bits per heavy atom. The van der Waals surface area contributed by atoms with Crippen molar-refractivity contribution in [2.45, 2.75) is 17.6 Å². The van der Waals surface area contributed by atoms with Crippen molar-refractivity contribution < 1.29 is 8.42 Å². The Kier molecular flexibility index (Phi) is 4.24. The molecule has 2 aromatic rings. The van der Waals surface area contributed by atoms with E-state index < -0.39 is 10.0 Å². The Hall–Kier alpha value is -0.960. The molecule has 0 radical (unpaired) electrons. The summed E-state index contributed by atoms with van der Waals surface area (Å²) in [6.07, 6.45) is 0.709. The van der Waals surface area contributed by atoms with E-state index in [0.717, 1.165) is 11.3 Å². The summed E-state index contributed by atoms with van der Waals surface area (Å²) in [6, 6.07) is 3.96. The van der Waals surface area contributed by atoms with Crippen LogP contribution >= 0.6 is 22.7 Å². The fourth-order valence-corrected chi connectivity index (χ4v) is 4.98. The number of nitrogens with zero attached hydrogens (tertiary/aromatic N) is 2. The minimum absolute atomic E-state index is 0.235. The Labute approximate surface area is 120 Å². The number of likely N-dealkylation sites (N-methyl/N-ethyl adjacent to an activating group) is 1. The van der Waals surface area contributed by atoms with Crippen LogP contribution in [0.3, 0.4) is 0 Å². The summed E-state index contributed by atoms with van der Waals surface area (Å²) in [5.41, 5.74) is 6.02. The molecule has 0 aliphatic carbocycles. The Bertz CT molecular complexity index is 647. The van der Waals surface area contributed by atoms with Crippen LogP contribution in [0.15, 0.2) is 21.7 Å². The molecule has 5 nitrogen and oxygen atoms in total. The van der Waals surface area contributed by atoms with Crippen molar-refractivity contribution in [1.29, 1.82) is 0 Å². The van der Waals surface area contributed by atoms with E-state index in [4.69, 9.17) is 5.73 Å². The minimum atomic E-state index is -3.49. The molecule has 2 rings (SSSR count). The average Bonchev–Trinajstić information content (AvgIpc) is 2.95. The van der Waals surface area contributed by atoms with Crippen LogP contribution in [-0.2, 0) is 16.4 Å². The fraction of sp³-hybridized carbons (Fsp3) is 0.364. The maximum Gasteiger partial charge on any atom is 0.254 e. The van der Waals surface area contributed by atoms with Crippen molar-refractivity contribution in [1.82, 2.24) is 9.29 Å². The van der Waals surface area contributed by atoms with E-state index >= 15 is 0 Å². The van der Waals surface area contributed by atoms with Crippen molar-refractivity contribution in [3.8, 4) is 0 Å². The van der Waals surface area contributed by atoms with E-state index in [2.05, 4.69) is 4.98 Å². The molecule has 2 N–H and O–H groups in total. The third-order valence-corrected chi connectivity index (χ3v) is 7.03. The summed E-state index contributed by atoms with van der Waals surface area (Å²) < 4.78 is 26.3. The number of thiophene rings is 1. The number of rotatable bonds is 5. The molecule has 8 heteroatoms. The zero-order valence-corrected chi connectivity index (χ0v) is 13.1. The van der Waals surface area contributed by atoms with Gasteiger partial charge in [-0.1, -0.05) is 17.4 Å². The van der Waals surface area contributed by atoms with Gasteiger partial charge in [0.25, 0.3) is 10.0 Å². The van der Waals surface area contributed by atoms with E-state index in [9.17, 15) is 8.42 Å². The molecule has 2 aromatic heterocycles. The van der Waals surface area contributed by atoms with E-state index in [1.165, 1.54) is 9.18 Å². The number of thiazole rings is 1. The Balaban J connectivity index is 2.13. The number of aromatic nitrogens is 1. The van der Waals surface area contributed by atoms with Gasteiger partial charge in [-0.25, -0.2) is 13.4 Å². The zero-order chi connectivity index (χ0) is 14.0. The molecule has 0 saturated carbocycles. The van der Waals surface area contributed by atoms with Gasteiger partial charge in [0.2, 0.25) is 0 Å². The van der Waals surface area contributed by atoms with Crippen LogP contribution in [0.4, 0.5) is 5.13 Å². The first-order chi connectivity index (χ1) is 8.91. The molecule has 0 aliphatic heterocycles. The van der Waals surface area contributed by atoms with Crippen molar-refractivity contribution >= 4 is 37.8 Å². The van der Waals surface area contributed by atoms with Gasteiger partial charge in [-0.15, -0.1) is 11.3 Å². The van der Waals surface area contributed by atoms with Crippen LogP contribution in [-0.4, -0.2) is 31.3 Å². The summed E-state index contributed by atoms with van der Waals surface area (Å²) in [5, 5.41) is 2.26. The first kappa shape index (κ1) is 14.4.